The Labute approximate surface area is 101 Å². The minimum Gasteiger partial charge on any atom is -0.481 e. The molecule has 0 unspecified atom stereocenters. The first kappa shape index (κ1) is 14.4. The minimum absolute atomic E-state index is 0.248. The summed E-state index contributed by atoms with van der Waals surface area (Å²) in [5, 5.41) is 17.7. The van der Waals surface area contributed by atoms with E-state index in [0.717, 1.165) is 12.8 Å². The molecule has 3 N–H and O–H groups in total. The molecular weight excluding hydrogens is 246 g/mol. The van der Waals surface area contributed by atoms with Gasteiger partial charge in [0.05, 0.1) is 18.3 Å². The molecular formula is C10H19NO5S. The van der Waals surface area contributed by atoms with Gasteiger partial charge >= 0.3 is 5.97 Å². The van der Waals surface area contributed by atoms with Gasteiger partial charge in [0, 0.05) is 6.54 Å². The van der Waals surface area contributed by atoms with Crippen LogP contribution in [0.2, 0.25) is 0 Å². The van der Waals surface area contributed by atoms with Crippen LogP contribution in [0.4, 0.5) is 0 Å². The van der Waals surface area contributed by atoms with E-state index in [9.17, 15) is 18.3 Å². The third kappa shape index (κ3) is 5.99. The van der Waals surface area contributed by atoms with Crippen molar-refractivity contribution in [2.75, 3.05) is 12.3 Å². The van der Waals surface area contributed by atoms with E-state index >= 15 is 0 Å². The maximum atomic E-state index is 11.4. The summed E-state index contributed by atoms with van der Waals surface area (Å²) in [5.74, 6) is -1.24. The SMILES string of the molecule is O=C(O)CCS(=O)(=O)NCC1CCC(O)CC1. The van der Waals surface area contributed by atoms with E-state index in [2.05, 4.69) is 4.72 Å². The lowest BCUT2D eigenvalue weighted by Crippen LogP contribution is -2.34. The highest BCUT2D eigenvalue weighted by Crippen LogP contribution is 2.23. The van der Waals surface area contributed by atoms with Crippen molar-refractivity contribution in [2.45, 2.75) is 38.2 Å². The zero-order chi connectivity index (χ0) is 12.9. The van der Waals surface area contributed by atoms with Crippen molar-refractivity contribution in [1.82, 2.24) is 4.72 Å². The zero-order valence-corrected chi connectivity index (χ0v) is 10.4. The highest BCUT2D eigenvalue weighted by Gasteiger charge is 2.21. The van der Waals surface area contributed by atoms with Crippen LogP contribution in [0.15, 0.2) is 0 Å². The molecule has 1 fully saturated rings. The van der Waals surface area contributed by atoms with Crippen LogP contribution in [0.25, 0.3) is 0 Å². The van der Waals surface area contributed by atoms with Gasteiger partial charge in [-0.3, -0.25) is 4.79 Å². The van der Waals surface area contributed by atoms with Gasteiger partial charge in [-0.25, -0.2) is 13.1 Å². The second-order valence-electron chi connectivity index (χ2n) is 4.49. The Hall–Kier alpha value is -0.660. The topological polar surface area (TPSA) is 104 Å². The molecule has 0 aromatic carbocycles. The number of carboxylic acids is 1. The van der Waals surface area contributed by atoms with Crippen molar-refractivity contribution >= 4 is 16.0 Å². The van der Waals surface area contributed by atoms with E-state index in [4.69, 9.17) is 5.11 Å². The Bertz CT molecular complexity index is 346. The van der Waals surface area contributed by atoms with E-state index in [1.807, 2.05) is 0 Å². The van der Waals surface area contributed by atoms with Crippen molar-refractivity contribution in [3.05, 3.63) is 0 Å². The lowest BCUT2D eigenvalue weighted by molar-refractivity contribution is -0.136. The number of hydrogen-bond donors (Lipinski definition) is 3. The molecule has 0 atom stereocenters. The number of hydrogen-bond acceptors (Lipinski definition) is 4. The van der Waals surface area contributed by atoms with Crippen molar-refractivity contribution in [3.8, 4) is 0 Å². The van der Waals surface area contributed by atoms with Crippen LogP contribution in [0.1, 0.15) is 32.1 Å². The van der Waals surface area contributed by atoms with Crippen LogP contribution in [-0.2, 0) is 14.8 Å². The number of nitrogens with one attached hydrogen (secondary N) is 1. The fraction of sp³-hybridized carbons (Fsp3) is 0.900. The first-order valence-corrected chi connectivity index (χ1v) is 7.41. The summed E-state index contributed by atoms with van der Waals surface area (Å²) in [5.41, 5.74) is 0. The quantitative estimate of drug-likeness (QED) is 0.624. The summed E-state index contributed by atoms with van der Waals surface area (Å²) in [4.78, 5) is 10.3. The molecule has 0 aromatic heterocycles. The molecule has 0 saturated heterocycles. The van der Waals surface area contributed by atoms with E-state index < -0.39 is 16.0 Å². The lowest BCUT2D eigenvalue weighted by atomic mass is 9.88. The van der Waals surface area contributed by atoms with E-state index in [-0.39, 0.29) is 24.2 Å². The Balaban J connectivity index is 2.27. The predicted molar refractivity (Wildman–Crippen MR) is 62.0 cm³/mol. The Morgan fingerprint density at radius 1 is 1.24 bits per heavy atom. The molecule has 7 heteroatoms. The van der Waals surface area contributed by atoms with Crippen LogP contribution in [0.5, 0.6) is 0 Å². The standard InChI is InChI=1S/C10H19NO5S/c12-9-3-1-8(2-4-9)7-11-17(15,16)6-5-10(13)14/h8-9,11-12H,1-7H2,(H,13,14). The second kappa shape index (κ2) is 6.32. The molecule has 100 valence electrons. The van der Waals surface area contributed by atoms with Crippen LogP contribution in [0.3, 0.4) is 0 Å². The smallest absolute Gasteiger partial charge is 0.304 e. The third-order valence-corrected chi connectivity index (χ3v) is 4.34. The van der Waals surface area contributed by atoms with E-state index in [0.29, 0.717) is 19.4 Å². The maximum Gasteiger partial charge on any atom is 0.304 e. The Kier molecular flexibility index (Phi) is 5.35. The highest BCUT2D eigenvalue weighted by atomic mass is 32.2. The summed E-state index contributed by atoms with van der Waals surface area (Å²) in [6.45, 7) is 0.342. The first-order valence-electron chi connectivity index (χ1n) is 5.76. The molecule has 1 rings (SSSR count). The number of aliphatic carboxylic acids is 1. The summed E-state index contributed by atoms with van der Waals surface area (Å²) >= 11 is 0. The zero-order valence-electron chi connectivity index (χ0n) is 9.63. The normalized spacial score (nSPS) is 25.7. The van der Waals surface area contributed by atoms with Crippen molar-refractivity contribution in [2.24, 2.45) is 5.92 Å². The molecule has 0 aliphatic heterocycles. The third-order valence-electron chi connectivity index (χ3n) is 2.99. The van der Waals surface area contributed by atoms with Crippen LogP contribution in [0, 0.1) is 5.92 Å². The van der Waals surface area contributed by atoms with Crippen molar-refractivity contribution in [3.63, 3.8) is 0 Å². The lowest BCUT2D eigenvalue weighted by Gasteiger charge is -2.25. The van der Waals surface area contributed by atoms with Crippen molar-refractivity contribution < 1.29 is 23.4 Å². The molecule has 6 nitrogen and oxygen atoms in total. The van der Waals surface area contributed by atoms with Gasteiger partial charge in [-0.2, -0.15) is 0 Å². The van der Waals surface area contributed by atoms with Gasteiger partial charge in [0.1, 0.15) is 0 Å². The number of rotatable bonds is 6. The number of aliphatic hydroxyl groups excluding tert-OH is 1. The van der Waals surface area contributed by atoms with Gasteiger partial charge < -0.3 is 10.2 Å². The molecule has 0 amide bonds. The summed E-state index contributed by atoms with van der Waals surface area (Å²) in [7, 11) is -3.48. The molecule has 1 aliphatic rings. The van der Waals surface area contributed by atoms with E-state index in [1.165, 1.54) is 0 Å². The molecule has 0 aromatic rings. The maximum absolute atomic E-state index is 11.4. The fourth-order valence-electron chi connectivity index (χ4n) is 1.89. The fourth-order valence-corrected chi connectivity index (χ4v) is 2.96. The summed E-state index contributed by atoms with van der Waals surface area (Å²) in [6.07, 6.45) is 2.40. The van der Waals surface area contributed by atoms with Gasteiger partial charge in [0.25, 0.3) is 0 Å². The average molecular weight is 265 g/mol. The Morgan fingerprint density at radius 3 is 2.35 bits per heavy atom. The predicted octanol–water partition coefficient (Wildman–Crippen LogP) is -0.0684. The number of carbonyl (C=O) groups is 1. The van der Waals surface area contributed by atoms with Crippen molar-refractivity contribution in [1.29, 1.82) is 0 Å². The summed E-state index contributed by atoms with van der Waals surface area (Å²) in [6, 6.07) is 0. The van der Waals surface area contributed by atoms with Gasteiger partial charge in [-0.1, -0.05) is 0 Å². The average Bonchev–Trinajstić information content (AvgIpc) is 2.26. The molecule has 0 bridgehead atoms. The molecule has 0 heterocycles. The molecule has 0 spiro atoms. The molecule has 0 radical (unpaired) electrons. The Morgan fingerprint density at radius 2 is 1.82 bits per heavy atom. The second-order valence-corrected chi connectivity index (χ2v) is 6.41. The van der Waals surface area contributed by atoms with Gasteiger partial charge in [0.15, 0.2) is 0 Å². The van der Waals surface area contributed by atoms with Crippen LogP contribution in [-0.4, -0.2) is 43.0 Å². The van der Waals surface area contributed by atoms with Crippen LogP contribution < -0.4 is 4.72 Å². The van der Waals surface area contributed by atoms with Crippen LogP contribution >= 0.6 is 0 Å². The van der Waals surface area contributed by atoms with E-state index in [1.54, 1.807) is 0 Å². The highest BCUT2D eigenvalue weighted by molar-refractivity contribution is 7.89. The monoisotopic (exact) mass is 265 g/mol. The molecule has 17 heavy (non-hydrogen) atoms. The largest absolute Gasteiger partial charge is 0.481 e. The van der Waals surface area contributed by atoms with Gasteiger partial charge in [-0.15, -0.1) is 0 Å². The van der Waals surface area contributed by atoms with Gasteiger partial charge in [0.2, 0.25) is 10.0 Å². The number of carboxylic acid groups (broad SMARTS) is 1. The molecule has 1 aliphatic carbocycles. The molecule has 1 saturated carbocycles. The number of aliphatic hydroxyl groups is 1. The minimum atomic E-state index is -3.48. The first-order chi connectivity index (χ1) is 7.89. The van der Waals surface area contributed by atoms with Gasteiger partial charge in [-0.05, 0) is 31.6 Å². The number of sulfonamides is 1. The summed E-state index contributed by atoms with van der Waals surface area (Å²) < 4.78 is 25.3.